The average Bonchev–Trinajstić information content (AvgIpc) is 2.93. The first kappa shape index (κ1) is 33.2. The second kappa shape index (κ2) is 17.6. The molecule has 1 nitrogen and oxygen atoms in total. The summed E-state index contributed by atoms with van der Waals surface area (Å²) in [7, 11) is 0. The van der Waals surface area contributed by atoms with E-state index in [1.54, 1.807) is 0 Å². The summed E-state index contributed by atoms with van der Waals surface area (Å²) in [5, 5.41) is 0. The molecule has 1 unspecified atom stereocenters. The van der Waals surface area contributed by atoms with Gasteiger partial charge >= 0.3 is 18.9 Å². The van der Waals surface area contributed by atoms with E-state index < -0.39 is 5.60 Å². The number of hydrogen-bond acceptors (Lipinski definition) is 1. The number of unbranched alkanes of at least 4 members (excludes halogenated alkanes) is 3. The number of benzene rings is 3. The molecule has 2 heteroatoms. The summed E-state index contributed by atoms with van der Waals surface area (Å²) in [6.45, 7) is 11.6. The van der Waals surface area contributed by atoms with Crippen molar-refractivity contribution in [2.75, 3.05) is 0 Å². The number of rotatable bonds is 16. The van der Waals surface area contributed by atoms with Gasteiger partial charge in [-0.05, 0) is 53.7 Å². The molecule has 0 amide bonds. The molecule has 0 aliphatic heterocycles. The summed E-state index contributed by atoms with van der Waals surface area (Å²) in [6.07, 6.45) is 13.3. The Morgan fingerprint density at radius 1 is 0.615 bits per heavy atom. The van der Waals surface area contributed by atoms with E-state index >= 15 is 0 Å². The Bertz CT molecular complexity index is 936. The van der Waals surface area contributed by atoms with Crippen molar-refractivity contribution in [3.05, 3.63) is 120 Å². The molecular formula is C37H51LiO. The number of ether oxygens (including phenoxy) is 1. The van der Waals surface area contributed by atoms with Crippen molar-refractivity contribution in [2.24, 2.45) is 17.8 Å². The van der Waals surface area contributed by atoms with Crippen LogP contribution < -0.4 is 0 Å². The number of hydrogen-bond donors (Lipinski definition) is 0. The molecule has 3 aromatic rings. The van der Waals surface area contributed by atoms with Crippen LogP contribution in [0.1, 0.15) is 96.3 Å². The van der Waals surface area contributed by atoms with Gasteiger partial charge in [-0.3, -0.25) is 0 Å². The van der Waals surface area contributed by atoms with Crippen molar-refractivity contribution in [1.82, 2.24) is 0 Å². The van der Waals surface area contributed by atoms with E-state index in [0.717, 1.165) is 6.42 Å². The van der Waals surface area contributed by atoms with E-state index in [-0.39, 0.29) is 25.0 Å². The van der Waals surface area contributed by atoms with Crippen molar-refractivity contribution in [3.8, 4) is 0 Å². The maximum absolute atomic E-state index is 7.45. The summed E-state index contributed by atoms with van der Waals surface area (Å²) >= 11 is 0. The standard InChI is InChI=1S/C37H50O.Li.H/c1-6-7-8-18-25-36(27-26-32(28-30(2)3)29-31(4)5)38-37(33-19-12-9-13-20-33,34-21-14-10-15-22-34)35-23-16-11-17-24-35;;/h9-17,19-24,26-27,30-32,36H,6-8,18,25,28-29H2,1-5H3;;/b27-26+;;. The van der Waals surface area contributed by atoms with Crippen molar-refractivity contribution in [3.63, 3.8) is 0 Å². The van der Waals surface area contributed by atoms with Gasteiger partial charge in [0, 0.05) is 0 Å². The van der Waals surface area contributed by atoms with Crippen molar-refractivity contribution in [1.29, 1.82) is 0 Å². The molecule has 0 spiro atoms. The van der Waals surface area contributed by atoms with Gasteiger partial charge in [0.2, 0.25) is 0 Å². The first-order valence-corrected chi connectivity index (χ1v) is 15.0. The van der Waals surface area contributed by atoms with Crippen LogP contribution in [-0.2, 0) is 10.3 Å². The topological polar surface area (TPSA) is 9.23 Å². The van der Waals surface area contributed by atoms with Crippen molar-refractivity contribution < 1.29 is 4.74 Å². The van der Waals surface area contributed by atoms with Gasteiger partial charge in [0.15, 0.2) is 0 Å². The second-order valence-electron chi connectivity index (χ2n) is 11.7. The molecule has 3 aromatic carbocycles. The van der Waals surface area contributed by atoms with E-state index in [0.29, 0.717) is 17.8 Å². The Labute approximate surface area is 251 Å². The Kier molecular flexibility index (Phi) is 15.0. The van der Waals surface area contributed by atoms with E-state index in [1.165, 1.54) is 55.2 Å². The van der Waals surface area contributed by atoms with Crippen LogP contribution in [-0.4, -0.2) is 25.0 Å². The molecule has 0 saturated carbocycles. The fraction of sp³-hybridized carbons (Fsp3) is 0.459. The van der Waals surface area contributed by atoms with Crippen LogP contribution in [0.15, 0.2) is 103 Å². The van der Waals surface area contributed by atoms with Crippen molar-refractivity contribution in [2.45, 2.75) is 91.3 Å². The number of allylic oxidation sites excluding steroid dienone is 1. The van der Waals surface area contributed by atoms with Crippen molar-refractivity contribution >= 4 is 18.9 Å². The van der Waals surface area contributed by atoms with Gasteiger partial charge in [-0.25, -0.2) is 0 Å². The minimum absolute atomic E-state index is 0. The predicted octanol–water partition coefficient (Wildman–Crippen LogP) is 9.95. The normalized spacial score (nSPS) is 12.8. The van der Waals surface area contributed by atoms with Gasteiger partial charge in [0.1, 0.15) is 5.60 Å². The van der Waals surface area contributed by atoms with E-state index in [2.05, 4.69) is 138 Å². The molecule has 3 rings (SSSR count). The van der Waals surface area contributed by atoms with Crippen LogP contribution in [0.5, 0.6) is 0 Å². The molecule has 206 valence electrons. The Morgan fingerprint density at radius 2 is 1.05 bits per heavy atom. The van der Waals surface area contributed by atoms with Gasteiger partial charge in [-0.15, -0.1) is 0 Å². The Balaban J connectivity index is 0.00000533. The third-order valence-corrected chi connectivity index (χ3v) is 7.36. The molecule has 0 N–H and O–H groups in total. The van der Waals surface area contributed by atoms with Crippen LogP contribution in [0.2, 0.25) is 0 Å². The van der Waals surface area contributed by atoms with Gasteiger partial charge in [0.25, 0.3) is 0 Å². The minimum atomic E-state index is -0.685. The Hall–Kier alpha value is -2.04. The van der Waals surface area contributed by atoms with Gasteiger partial charge in [0.05, 0.1) is 6.10 Å². The summed E-state index contributed by atoms with van der Waals surface area (Å²) in [4.78, 5) is 0. The zero-order valence-corrected chi connectivity index (χ0v) is 24.5. The maximum atomic E-state index is 7.45. The summed E-state index contributed by atoms with van der Waals surface area (Å²) in [5.41, 5.74) is 2.83. The van der Waals surface area contributed by atoms with E-state index in [1.807, 2.05) is 0 Å². The van der Waals surface area contributed by atoms with Gasteiger partial charge < -0.3 is 4.74 Å². The van der Waals surface area contributed by atoms with Crippen LogP contribution in [0.25, 0.3) is 0 Å². The fourth-order valence-corrected chi connectivity index (χ4v) is 5.66. The third kappa shape index (κ3) is 10.1. The molecule has 0 aliphatic rings. The fourth-order valence-electron chi connectivity index (χ4n) is 5.66. The van der Waals surface area contributed by atoms with E-state index in [4.69, 9.17) is 4.74 Å². The SMILES string of the molecule is CCCCCCC(/C=C/C(CC(C)C)CC(C)C)OC(c1ccccc1)(c1ccccc1)c1ccccc1.[LiH]. The molecule has 0 aliphatic carbocycles. The predicted molar refractivity (Wildman–Crippen MR) is 172 cm³/mol. The first-order valence-electron chi connectivity index (χ1n) is 15.0. The summed E-state index contributed by atoms with van der Waals surface area (Å²) < 4.78 is 7.45. The second-order valence-corrected chi connectivity index (χ2v) is 11.7. The van der Waals surface area contributed by atoms with Gasteiger partial charge in [-0.1, -0.05) is 163 Å². The molecular weight excluding hydrogens is 467 g/mol. The molecule has 0 fully saturated rings. The quantitative estimate of drug-likeness (QED) is 0.0793. The average molecular weight is 519 g/mol. The Morgan fingerprint density at radius 3 is 1.44 bits per heavy atom. The molecule has 0 aromatic heterocycles. The molecule has 0 saturated heterocycles. The molecule has 1 atom stereocenters. The zero-order chi connectivity index (χ0) is 27.2. The molecule has 39 heavy (non-hydrogen) atoms. The summed E-state index contributed by atoms with van der Waals surface area (Å²) in [6, 6.07) is 32.4. The van der Waals surface area contributed by atoms with E-state index in [9.17, 15) is 0 Å². The van der Waals surface area contributed by atoms with Crippen LogP contribution in [0, 0.1) is 17.8 Å². The molecule has 0 bridgehead atoms. The monoisotopic (exact) mass is 518 g/mol. The third-order valence-electron chi connectivity index (χ3n) is 7.36. The molecule has 0 heterocycles. The summed E-state index contributed by atoms with van der Waals surface area (Å²) in [5.74, 6) is 1.95. The van der Waals surface area contributed by atoms with Gasteiger partial charge in [-0.2, -0.15) is 0 Å². The van der Waals surface area contributed by atoms with Crippen LogP contribution in [0.3, 0.4) is 0 Å². The first-order chi connectivity index (χ1) is 18.5. The van der Waals surface area contributed by atoms with Crippen LogP contribution >= 0.6 is 0 Å². The van der Waals surface area contributed by atoms with Crippen LogP contribution in [0.4, 0.5) is 0 Å². The zero-order valence-electron chi connectivity index (χ0n) is 24.5. The molecule has 0 radical (unpaired) electrons.